The van der Waals surface area contributed by atoms with Crippen LogP contribution in [0.4, 0.5) is 0 Å². The van der Waals surface area contributed by atoms with Gasteiger partial charge in [-0.25, -0.2) is 0 Å². The lowest BCUT2D eigenvalue weighted by Crippen LogP contribution is -2.40. The van der Waals surface area contributed by atoms with Crippen molar-refractivity contribution in [1.29, 1.82) is 0 Å². The Morgan fingerprint density at radius 1 is 1.50 bits per heavy atom. The molecule has 0 aliphatic heterocycles. The van der Waals surface area contributed by atoms with Gasteiger partial charge in [-0.1, -0.05) is 0 Å². The lowest BCUT2D eigenvalue weighted by Gasteiger charge is -2.04. The van der Waals surface area contributed by atoms with Crippen LogP contribution in [0.1, 0.15) is 12.8 Å². The second-order valence-electron chi connectivity index (χ2n) is 2.19. The molecular weight excluding hydrogens is 104 g/mol. The van der Waals surface area contributed by atoms with Crippen LogP contribution in [0, 0.1) is 0 Å². The summed E-state index contributed by atoms with van der Waals surface area (Å²) in [5.41, 5.74) is 10.8. The maximum atomic E-state index is 10.6. The maximum absolute atomic E-state index is 10.6. The Morgan fingerprint density at radius 2 is 2.12 bits per heavy atom. The first-order valence-electron chi connectivity index (χ1n) is 2.75. The molecule has 1 aliphatic carbocycles. The highest BCUT2D eigenvalue weighted by Gasteiger charge is 2.27. The SMILES string of the molecule is N[C@@H]1CCC(=O)[C@H]1N. The van der Waals surface area contributed by atoms with E-state index in [9.17, 15) is 4.79 Å². The minimum absolute atomic E-state index is 0.0810. The summed E-state index contributed by atoms with van der Waals surface area (Å²) in [4.78, 5) is 10.6. The number of carbonyl (C=O) groups is 1. The zero-order valence-electron chi connectivity index (χ0n) is 4.63. The third-order valence-corrected chi connectivity index (χ3v) is 1.56. The molecule has 2 atom stereocenters. The van der Waals surface area contributed by atoms with E-state index in [1.165, 1.54) is 0 Å². The van der Waals surface area contributed by atoms with E-state index in [1.54, 1.807) is 0 Å². The van der Waals surface area contributed by atoms with Crippen molar-refractivity contribution < 1.29 is 4.79 Å². The van der Waals surface area contributed by atoms with E-state index >= 15 is 0 Å². The van der Waals surface area contributed by atoms with Gasteiger partial charge >= 0.3 is 0 Å². The lowest BCUT2D eigenvalue weighted by atomic mass is 10.2. The number of hydrogen-bond acceptors (Lipinski definition) is 3. The molecular formula is C5H10N2O. The third-order valence-electron chi connectivity index (χ3n) is 1.56. The minimum Gasteiger partial charge on any atom is -0.326 e. The molecule has 4 N–H and O–H groups in total. The fraction of sp³-hybridized carbons (Fsp3) is 0.800. The number of nitrogens with two attached hydrogens (primary N) is 2. The van der Waals surface area contributed by atoms with Gasteiger partial charge in [-0.15, -0.1) is 0 Å². The standard InChI is InChI=1S/C5H10N2O/c6-3-1-2-4(8)5(3)7/h3,5H,1-2,6-7H2/t3-,5+/m1/s1. The van der Waals surface area contributed by atoms with Crippen molar-refractivity contribution in [2.75, 3.05) is 0 Å². The second kappa shape index (κ2) is 1.84. The molecule has 0 bridgehead atoms. The van der Waals surface area contributed by atoms with Gasteiger partial charge in [0.15, 0.2) is 5.78 Å². The van der Waals surface area contributed by atoms with Crippen molar-refractivity contribution in [1.82, 2.24) is 0 Å². The topological polar surface area (TPSA) is 69.1 Å². The number of Topliss-reactive ketones (excluding diaryl/α,β-unsaturated/α-hetero) is 1. The molecule has 0 radical (unpaired) electrons. The van der Waals surface area contributed by atoms with Crippen LogP contribution in [0.15, 0.2) is 0 Å². The van der Waals surface area contributed by atoms with Crippen LogP contribution < -0.4 is 11.5 Å². The van der Waals surface area contributed by atoms with Crippen molar-refractivity contribution in [3.05, 3.63) is 0 Å². The van der Waals surface area contributed by atoms with E-state index in [1.807, 2.05) is 0 Å². The molecule has 0 aromatic carbocycles. The largest absolute Gasteiger partial charge is 0.326 e. The van der Waals surface area contributed by atoms with E-state index in [-0.39, 0.29) is 17.9 Å². The maximum Gasteiger partial charge on any atom is 0.151 e. The first kappa shape index (κ1) is 5.72. The Morgan fingerprint density at radius 3 is 2.25 bits per heavy atom. The van der Waals surface area contributed by atoms with Crippen molar-refractivity contribution in [2.45, 2.75) is 24.9 Å². The van der Waals surface area contributed by atoms with E-state index in [2.05, 4.69) is 0 Å². The Bertz CT molecular complexity index is 113. The van der Waals surface area contributed by atoms with Gasteiger partial charge < -0.3 is 11.5 Å². The fourth-order valence-electron chi connectivity index (χ4n) is 0.894. The molecule has 0 amide bonds. The van der Waals surface area contributed by atoms with Crippen LogP contribution in [0.3, 0.4) is 0 Å². The van der Waals surface area contributed by atoms with Crippen LogP contribution in [0.5, 0.6) is 0 Å². The lowest BCUT2D eigenvalue weighted by molar-refractivity contribution is -0.118. The normalized spacial score (nSPS) is 38.5. The van der Waals surface area contributed by atoms with Gasteiger partial charge in [0.2, 0.25) is 0 Å². The first-order chi connectivity index (χ1) is 3.72. The summed E-state index contributed by atoms with van der Waals surface area (Å²) in [6, 6.07) is -0.461. The quantitative estimate of drug-likeness (QED) is 0.424. The van der Waals surface area contributed by atoms with Crippen LogP contribution in [0.2, 0.25) is 0 Å². The molecule has 0 spiro atoms. The number of rotatable bonds is 0. The van der Waals surface area contributed by atoms with E-state index < -0.39 is 0 Å². The highest BCUT2D eigenvalue weighted by atomic mass is 16.1. The van der Waals surface area contributed by atoms with Gasteiger partial charge in [0.1, 0.15) is 0 Å². The van der Waals surface area contributed by atoms with Gasteiger partial charge in [-0.05, 0) is 6.42 Å². The number of ketones is 1. The van der Waals surface area contributed by atoms with Gasteiger partial charge in [0, 0.05) is 12.5 Å². The Labute approximate surface area is 48.0 Å². The second-order valence-corrected chi connectivity index (χ2v) is 2.19. The van der Waals surface area contributed by atoms with Crippen molar-refractivity contribution in [3.63, 3.8) is 0 Å². The summed E-state index contributed by atoms with van der Waals surface area (Å²) in [6.07, 6.45) is 1.34. The smallest absolute Gasteiger partial charge is 0.151 e. The predicted molar refractivity (Wildman–Crippen MR) is 30.2 cm³/mol. The summed E-state index contributed by atoms with van der Waals surface area (Å²) in [6.45, 7) is 0. The molecule has 0 unspecified atom stereocenters. The molecule has 3 nitrogen and oxygen atoms in total. The van der Waals surface area contributed by atoms with Gasteiger partial charge in [-0.2, -0.15) is 0 Å². The zero-order chi connectivity index (χ0) is 6.15. The average molecular weight is 114 g/mol. The monoisotopic (exact) mass is 114 g/mol. The summed E-state index contributed by atoms with van der Waals surface area (Å²) in [5, 5.41) is 0. The Balaban J connectivity index is 2.56. The highest BCUT2D eigenvalue weighted by Crippen LogP contribution is 2.10. The summed E-state index contributed by atoms with van der Waals surface area (Å²) in [5.74, 6) is 0.109. The van der Waals surface area contributed by atoms with E-state index in [0.29, 0.717) is 6.42 Å². The molecule has 0 heterocycles. The van der Waals surface area contributed by atoms with Crippen molar-refractivity contribution in [3.8, 4) is 0 Å². The molecule has 1 saturated carbocycles. The first-order valence-corrected chi connectivity index (χ1v) is 2.75. The Hall–Kier alpha value is -0.410. The fourth-order valence-corrected chi connectivity index (χ4v) is 0.894. The molecule has 1 aliphatic rings. The minimum atomic E-state index is -0.380. The van der Waals surface area contributed by atoms with Crippen LogP contribution >= 0.6 is 0 Å². The number of carbonyl (C=O) groups excluding carboxylic acids is 1. The van der Waals surface area contributed by atoms with Gasteiger partial charge in [-0.3, -0.25) is 4.79 Å². The third kappa shape index (κ3) is 0.743. The molecule has 1 rings (SSSR count). The molecule has 0 aromatic heterocycles. The molecule has 1 fully saturated rings. The molecule has 0 saturated heterocycles. The van der Waals surface area contributed by atoms with Crippen LogP contribution in [-0.4, -0.2) is 17.9 Å². The van der Waals surface area contributed by atoms with E-state index in [0.717, 1.165) is 6.42 Å². The zero-order valence-corrected chi connectivity index (χ0v) is 4.63. The van der Waals surface area contributed by atoms with Crippen LogP contribution in [-0.2, 0) is 4.79 Å². The van der Waals surface area contributed by atoms with Crippen LogP contribution in [0.25, 0.3) is 0 Å². The highest BCUT2D eigenvalue weighted by molar-refractivity contribution is 5.86. The van der Waals surface area contributed by atoms with Gasteiger partial charge in [0.25, 0.3) is 0 Å². The predicted octanol–water partition coefficient (Wildman–Crippen LogP) is -0.996. The van der Waals surface area contributed by atoms with Crippen molar-refractivity contribution in [2.24, 2.45) is 11.5 Å². The summed E-state index contributed by atoms with van der Waals surface area (Å²) >= 11 is 0. The summed E-state index contributed by atoms with van der Waals surface area (Å²) in [7, 11) is 0. The molecule has 0 aromatic rings. The average Bonchev–Trinajstić information content (AvgIpc) is 1.98. The van der Waals surface area contributed by atoms with Gasteiger partial charge in [0.05, 0.1) is 6.04 Å². The van der Waals surface area contributed by atoms with E-state index in [4.69, 9.17) is 11.5 Å². The molecule has 3 heteroatoms. The number of hydrogen-bond donors (Lipinski definition) is 2. The van der Waals surface area contributed by atoms with Crippen molar-refractivity contribution >= 4 is 5.78 Å². The molecule has 46 valence electrons. The Kier molecular flexibility index (Phi) is 1.31. The molecule has 8 heavy (non-hydrogen) atoms. The summed E-state index contributed by atoms with van der Waals surface area (Å²) < 4.78 is 0.